The summed E-state index contributed by atoms with van der Waals surface area (Å²) in [6, 6.07) is -1.37. The summed E-state index contributed by atoms with van der Waals surface area (Å²) >= 11 is 0. The summed E-state index contributed by atoms with van der Waals surface area (Å²) in [6.45, 7) is 0.388. The van der Waals surface area contributed by atoms with Crippen molar-refractivity contribution >= 4 is 11.9 Å². The molecule has 0 spiro atoms. The summed E-state index contributed by atoms with van der Waals surface area (Å²) < 4.78 is 15.3. The molecule has 1 amide bonds. The fourth-order valence-corrected chi connectivity index (χ4v) is 2.95. The summed E-state index contributed by atoms with van der Waals surface area (Å²) in [5.41, 5.74) is 0. The molecule has 156 valence electrons. The van der Waals surface area contributed by atoms with Gasteiger partial charge in [0.2, 0.25) is 5.91 Å². The Hall–Kier alpha value is -1.42. The van der Waals surface area contributed by atoms with Crippen molar-refractivity contribution in [1.29, 1.82) is 0 Å². The van der Waals surface area contributed by atoms with Gasteiger partial charge >= 0.3 is 5.97 Å². The van der Waals surface area contributed by atoms with Gasteiger partial charge in [-0.05, 0) is 0 Å². The predicted molar refractivity (Wildman–Crippen MR) is 80.8 cm³/mol. The number of carbonyl (C=O) groups excluding carboxylic acids is 1. The van der Waals surface area contributed by atoms with Crippen LogP contribution in [0.5, 0.6) is 0 Å². The number of ether oxygens (including phenoxy) is 3. The first-order valence-corrected chi connectivity index (χ1v) is 8.06. The van der Waals surface area contributed by atoms with Crippen LogP contribution in [-0.2, 0) is 23.8 Å². The molecule has 0 saturated carbocycles. The molecule has 0 radical (unpaired) electrons. The van der Waals surface area contributed by atoms with Gasteiger partial charge in [-0.3, -0.25) is 4.79 Å². The van der Waals surface area contributed by atoms with Crippen LogP contribution in [0.4, 0.5) is 0 Å². The Morgan fingerprint density at radius 3 is 2.15 bits per heavy atom. The second kappa shape index (κ2) is 8.72. The van der Waals surface area contributed by atoms with Crippen LogP contribution in [0.25, 0.3) is 0 Å². The second-order valence-electron chi connectivity index (χ2n) is 6.30. The molecule has 10 atom stereocenters. The summed E-state index contributed by atoms with van der Waals surface area (Å²) in [7, 11) is 0. The maximum absolute atomic E-state index is 11.4. The van der Waals surface area contributed by atoms with Crippen molar-refractivity contribution in [3.63, 3.8) is 0 Å². The van der Waals surface area contributed by atoms with E-state index in [1.807, 2.05) is 0 Å². The van der Waals surface area contributed by atoms with Crippen LogP contribution < -0.4 is 5.32 Å². The standard InChI is InChI=1S/C14H23NO12/c1-3(17)15-5-10(6(18)4(2-16)25-13(5)24)26-14-9(21)7(19)8(20)11(27-14)12(22)23/h4-11,13-14,16,18-21,24H,2H2,1H3,(H,15,17)(H,22,23)/t4-,5-,6-,7+,8+,9-,10-,11+,13?,14-/m1/s1. The molecule has 13 heteroatoms. The molecule has 2 rings (SSSR count). The summed E-state index contributed by atoms with van der Waals surface area (Å²) in [5, 5.41) is 70.4. The zero-order valence-electron chi connectivity index (χ0n) is 14.2. The van der Waals surface area contributed by atoms with E-state index in [9.17, 15) is 40.2 Å². The molecular formula is C14H23NO12. The fourth-order valence-electron chi connectivity index (χ4n) is 2.95. The van der Waals surface area contributed by atoms with E-state index in [2.05, 4.69) is 5.32 Å². The molecule has 0 aromatic rings. The van der Waals surface area contributed by atoms with Crippen molar-refractivity contribution < 1.29 is 59.5 Å². The number of aliphatic hydroxyl groups excluding tert-OH is 6. The van der Waals surface area contributed by atoms with Gasteiger partial charge in [-0.15, -0.1) is 0 Å². The van der Waals surface area contributed by atoms with Crippen LogP contribution in [0.15, 0.2) is 0 Å². The first kappa shape index (κ1) is 21.9. The summed E-state index contributed by atoms with van der Waals surface area (Å²) in [4.78, 5) is 22.5. The lowest BCUT2D eigenvalue weighted by molar-refractivity contribution is -0.336. The van der Waals surface area contributed by atoms with Gasteiger partial charge in [-0.2, -0.15) is 0 Å². The van der Waals surface area contributed by atoms with Crippen molar-refractivity contribution in [2.75, 3.05) is 6.61 Å². The van der Waals surface area contributed by atoms with Crippen molar-refractivity contribution in [2.24, 2.45) is 0 Å². The third-order valence-electron chi connectivity index (χ3n) is 4.35. The maximum Gasteiger partial charge on any atom is 0.335 e. The Balaban J connectivity index is 2.25. The van der Waals surface area contributed by atoms with Crippen molar-refractivity contribution in [2.45, 2.75) is 68.3 Å². The molecule has 8 N–H and O–H groups in total. The molecule has 2 heterocycles. The van der Waals surface area contributed by atoms with Gasteiger partial charge in [0.25, 0.3) is 0 Å². The van der Waals surface area contributed by atoms with E-state index in [0.717, 1.165) is 6.92 Å². The number of carbonyl (C=O) groups is 2. The van der Waals surface area contributed by atoms with Crippen molar-refractivity contribution in [3.8, 4) is 0 Å². The lowest BCUT2D eigenvalue weighted by atomic mass is 9.95. The lowest BCUT2D eigenvalue weighted by Gasteiger charge is -2.46. The van der Waals surface area contributed by atoms with E-state index < -0.39 is 79.8 Å². The van der Waals surface area contributed by atoms with E-state index in [0.29, 0.717) is 0 Å². The highest BCUT2D eigenvalue weighted by Crippen LogP contribution is 2.28. The number of rotatable bonds is 5. The minimum atomic E-state index is -1.95. The zero-order chi connectivity index (χ0) is 20.5. The Bertz CT molecular complexity index is 546. The largest absolute Gasteiger partial charge is 0.479 e. The Labute approximate surface area is 152 Å². The van der Waals surface area contributed by atoms with Crippen LogP contribution >= 0.6 is 0 Å². The number of amides is 1. The van der Waals surface area contributed by atoms with E-state index in [1.54, 1.807) is 0 Å². The number of aliphatic hydroxyl groups is 6. The van der Waals surface area contributed by atoms with Crippen LogP contribution in [0.2, 0.25) is 0 Å². The SMILES string of the molecule is CC(=O)N[C@H]1C(O)O[C@H](CO)[C@@H](O)[C@@H]1O[C@@H]1O[C@H](C(=O)O)[C@@H](O)[C@H](O)[C@H]1O. The Morgan fingerprint density at radius 2 is 1.63 bits per heavy atom. The molecule has 0 aromatic carbocycles. The first-order chi connectivity index (χ1) is 12.6. The van der Waals surface area contributed by atoms with E-state index in [4.69, 9.17) is 19.3 Å². The predicted octanol–water partition coefficient (Wildman–Crippen LogP) is -5.16. The fraction of sp³-hybridized carbons (Fsp3) is 0.857. The van der Waals surface area contributed by atoms with Crippen LogP contribution in [0.1, 0.15) is 6.92 Å². The molecule has 27 heavy (non-hydrogen) atoms. The highest BCUT2D eigenvalue weighted by molar-refractivity contribution is 5.73. The third kappa shape index (κ3) is 4.53. The quantitative estimate of drug-likeness (QED) is 0.218. The normalized spacial score (nSPS) is 45.3. The first-order valence-electron chi connectivity index (χ1n) is 8.06. The summed E-state index contributed by atoms with van der Waals surface area (Å²) in [6.07, 6.45) is -15.8. The Morgan fingerprint density at radius 1 is 1.00 bits per heavy atom. The molecule has 2 saturated heterocycles. The number of carboxylic acids is 1. The average Bonchev–Trinajstić information content (AvgIpc) is 2.60. The molecular weight excluding hydrogens is 374 g/mol. The molecule has 0 aromatic heterocycles. The monoisotopic (exact) mass is 397 g/mol. The minimum absolute atomic E-state index is 0.630. The smallest absolute Gasteiger partial charge is 0.335 e. The summed E-state index contributed by atoms with van der Waals surface area (Å²) in [5.74, 6) is -2.27. The second-order valence-corrected chi connectivity index (χ2v) is 6.30. The molecule has 13 nitrogen and oxygen atoms in total. The average molecular weight is 397 g/mol. The number of nitrogens with one attached hydrogen (secondary N) is 1. The van der Waals surface area contributed by atoms with Crippen molar-refractivity contribution in [1.82, 2.24) is 5.32 Å². The molecule has 2 fully saturated rings. The van der Waals surface area contributed by atoms with Crippen molar-refractivity contribution in [3.05, 3.63) is 0 Å². The Kier molecular flexibility index (Phi) is 7.07. The molecule has 0 bridgehead atoms. The van der Waals surface area contributed by atoms with Gasteiger partial charge < -0.3 is 55.3 Å². The van der Waals surface area contributed by atoms with E-state index in [-0.39, 0.29) is 0 Å². The van der Waals surface area contributed by atoms with Gasteiger partial charge in [0, 0.05) is 6.92 Å². The molecule has 1 unspecified atom stereocenters. The number of carboxylic acid groups (broad SMARTS) is 1. The topological polar surface area (TPSA) is 215 Å². The third-order valence-corrected chi connectivity index (χ3v) is 4.35. The van der Waals surface area contributed by atoms with Crippen LogP contribution in [-0.4, -0.2) is 116 Å². The van der Waals surface area contributed by atoms with Gasteiger partial charge in [-0.25, -0.2) is 4.79 Å². The van der Waals surface area contributed by atoms with Gasteiger partial charge in [0.1, 0.15) is 42.7 Å². The number of aliphatic carboxylic acids is 1. The van der Waals surface area contributed by atoms with E-state index >= 15 is 0 Å². The van der Waals surface area contributed by atoms with Gasteiger partial charge in [0.15, 0.2) is 18.7 Å². The van der Waals surface area contributed by atoms with E-state index in [1.165, 1.54) is 0 Å². The van der Waals surface area contributed by atoms with Crippen LogP contribution in [0, 0.1) is 0 Å². The van der Waals surface area contributed by atoms with Gasteiger partial charge in [-0.1, -0.05) is 0 Å². The number of hydrogen-bond donors (Lipinski definition) is 8. The zero-order valence-corrected chi connectivity index (χ0v) is 14.2. The lowest BCUT2D eigenvalue weighted by Crippen LogP contribution is -2.67. The molecule has 2 aliphatic rings. The highest BCUT2D eigenvalue weighted by atomic mass is 16.7. The highest BCUT2D eigenvalue weighted by Gasteiger charge is 2.52. The molecule has 0 aliphatic carbocycles. The molecule has 2 aliphatic heterocycles. The van der Waals surface area contributed by atoms with Gasteiger partial charge in [0.05, 0.1) is 6.61 Å². The maximum atomic E-state index is 11.4. The van der Waals surface area contributed by atoms with Crippen LogP contribution in [0.3, 0.4) is 0 Å². The number of hydrogen-bond acceptors (Lipinski definition) is 11. The minimum Gasteiger partial charge on any atom is -0.479 e.